The van der Waals surface area contributed by atoms with Gasteiger partial charge in [-0.25, -0.2) is 13.4 Å². The summed E-state index contributed by atoms with van der Waals surface area (Å²) in [6.07, 6.45) is -0.407. The van der Waals surface area contributed by atoms with Gasteiger partial charge in [0.1, 0.15) is 12.3 Å². The van der Waals surface area contributed by atoms with Gasteiger partial charge < -0.3 is 10.1 Å². The molecule has 1 aromatic heterocycles. The standard InChI is InChI=1S/C10H13F2N3O3/c1-6-8(15-18-14-6)9(16)13-4-7-2-3-10(11,12)5-17-7/h7H,2-5H2,1H3,(H,13,16). The quantitative estimate of drug-likeness (QED) is 0.875. The molecule has 0 bridgehead atoms. The predicted octanol–water partition coefficient (Wildman–Crippen LogP) is 0.922. The number of hydrogen-bond acceptors (Lipinski definition) is 5. The lowest BCUT2D eigenvalue weighted by Crippen LogP contribution is -2.41. The van der Waals surface area contributed by atoms with E-state index in [-0.39, 0.29) is 25.1 Å². The first-order valence-corrected chi connectivity index (χ1v) is 5.55. The Kier molecular flexibility index (Phi) is 3.55. The van der Waals surface area contributed by atoms with E-state index in [0.717, 1.165) is 0 Å². The van der Waals surface area contributed by atoms with Gasteiger partial charge in [0.05, 0.1) is 6.10 Å². The summed E-state index contributed by atoms with van der Waals surface area (Å²) in [5.74, 6) is -3.21. The number of nitrogens with one attached hydrogen (secondary N) is 1. The van der Waals surface area contributed by atoms with Crippen molar-refractivity contribution in [1.82, 2.24) is 15.6 Å². The number of hydrogen-bond donors (Lipinski definition) is 1. The first-order chi connectivity index (χ1) is 8.48. The number of alkyl halides is 2. The van der Waals surface area contributed by atoms with Gasteiger partial charge in [-0.15, -0.1) is 0 Å². The van der Waals surface area contributed by atoms with Crippen molar-refractivity contribution in [3.63, 3.8) is 0 Å². The minimum absolute atomic E-state index is 0.0936. The van der Waals surface area contributed by atoms with Gasteiger partial charge >= 0.3 is 0 Å². The molecule has 1 fully saturated rings. The van der Waals surface area contributed by atoms with Crippen LogP contribution < -0.4 is 5.32 Å². The molecular weight excluding hydrogens is 248 g/mol. The third-order valence-corrected chi connectivity index (χ3v) is 2.72. The highest BCUT2D eigenvalue weighted by Gasteiger charge is 2.35. The second-order valence-corrected chi connectivity index (χ2v) is 4.24. The maximum atomic E-state index is 12.8. The van der Waals surface area contributed by atoms with Crippen molar-refractivity contribution in [2.75, 3.05) is 13.2 Å². The normalized spacial score (nSPS) is 22.7. The molecule has 18 heavy (non-hydrogen) atoms. The van der Waals surface area contributed by atoms with E-state index in [1.54, 1.807) is 6.92 Å². The highest BCUT2D eigenvalue weighted by molar-refractivity contribution is 5.92. The monoisotopic (exact) mass is 261 g/mol. The van der Waals surface area contributed by atoms with E-state index in [0.29, 0.717) is 5.69 Å². The Labute approximate surface area is 102 Å². The summed E-state index contributed by atoms with van der Waals surface area (Å²) in [4.78, 5) is 11.6. The fourth-order valence-corrected chi connectivity index (χ4v) is 1.66. The van der Waals surface area contributed by atoms with Crippen molar-refractivity contribution in [2.45, 2.75) is 31.8 Å². The Morgan fingerprint density at radius 3 is 2.89 bits per heavy atom. The highest BCUT2D eigenvalue weighted by Crippen LogP contribution is 2.27. The molecule has 6 nitrogen and oxygen atoms in total. The van der Waals surface area contributed by atoms with E-state index in [1.165, 1.54) is 0 Å². The molecule has 1 N–H and O–H groups in total. The lowest BCUT2D eigenvalue weighted by molar-refractivity contribution is -0.141. The molecule has 0 saturated carbocycles. The van der Waals surface area contributed by atoms with Gasteiger partial charge in [-0.1, -0.05) is 5.16 Å². The van der Waals surface area contributed by atoms with Crippen LogP contribution in [-0.2, 0) is 4.74 Å². The molecule has 1 aliphatic heterocycles. The van der Waals surface area contributed by atoms with E-state index >= 15 is 0 Å². The molecule has 8 heteroatoms. The van der Waals surface area contributed by atoms with Gasteiger partial charge in [-0.3, -0.25) is 4.79 Å². The number of rotatable bonds is 3. The van der Waals surface area contributed by atoms with Crippen LogP contribution in [0.1, 0.15) is 29.0 Å². The molecule has 0 spiro atoms. The van der Waals surface area contributed by atoms with Crippen LogP contribution in [0.25, 0.3) is 0 Å². The highest BCUT2D eigenvalue weighted by atomic mass is 19.3. The Morgan fingerprint density at radius 1 is 1.56 bits per heavy atom. The second kappa shape index (κ2) is 4.97. The number of aryl methyl sites for hydroxylation is 1. The number of carbonyl (C=O) groups is 1. The molecule has 0 aromatic carbocycles. The molecule has 1 unspecified atom stereocenters. The summed E-state index contributed by atoms with van der Waals surface area (Å²) in [5, 5.41) is 9.47. The number of ether oxygens (including phenoxy) is 1. The average Bonchev–Trinajstić information content (AvgIpc) is 2.74. The van der Waals surface area contributed by atoms with Gasteiger partial charge in [-0.05, 0) is 18.5 Å². The van der Waals surface area contributed by atoms with E-state index in [9.17, 15) is 13.6 Å². The Morgan fingerprint density at radius 2 is 2.33 bits per heavy atom. The van der Waals surface area contributed by atoms with Crippen molar-refractivity contribution in [2.24, 2.45) is 0 Å². The van der Waals surface area contributed by atoms with Gasteiger partial charge in [0.25, 0.3) is 11.8 Å². The Bertz CT molecular complexity index is 426. The topological polar surface area (TPSA) is 77.2 Å². The van der Waals surface area contributed by atoms with Crippen LogP contribution in [0.4, 0.5) is 8.78 Å². The SMILES string of the molecule is Cc1nonc1C(=O)NCC1CCC(F)(F)CO1. The zero-order valence-corrected chi connectivity index (χ0v) is 9.78. The maximum absolute atomic E-state index is 12.8. The summed E-state index contributed by atoms with van der Waals surface area (Å²) < 4.78 is 35.0. The number of halogens is 2. The lowest BCUT2D eigenvalue weighted by Gasteiger charge is -2.28. The molecular formula is C10H13F2N3O3. The Hall–Kier alpha value is -1.57. The molecule has 100 valence electrons. The zero-order valence-electron chi connectivity index (χ0n) is 9.78. The first-order valence-electron chi connectivity index (χ1n) is 5.55. The van der Waals surface area contributed by atoms with Gasteiger partial charge in [0, 0.05) is 13.0 Å². The average molecular weight is 261 g/mol. The van der Waals surface area contributed by atoms with Crippen LogP contribution in [0.15, 0.2) is 4.63 Å². The molecule has 1 atom stereocenters. The van der Waals surface area contributed by atoms with Crippen LogP contribution in [0.3, 0.4) is 0 Å². The lowest BCUT2D eigenvalue weighted by atomic mass is 10.1. The van der Waals surface area contributed by atoms with Gasteiger partial charge in [0.15, 0.2) is 5.69 Å². The Balaban J connectivity index is 1.79. The molecule has 2 heterocycles. The largest absolute Gasteiger partial charge is 0.370 e. The summed E-state index contributed by atoms with van der Waals surface area (Å²) in [6, 6.07) is 0. The molecule has 1 aliphatic rings. The van der Waals surface area contributed by atoms with Crippen LogP contribution in [0, 0.1) is 6.92 Å². The first kappa shape index (κ1) is 12.9. The van der Waals surface area contributed by atoms with Crippen molar-refractivity contribution < 1.29 is 22.9 Å². The van der Waals surface area contributed by atoms with Gasteiger partial charge in [0.2, 0.25) is 0 Å². The number of amides is 1. The van der Waals surface area contributed by atoms with Crippen LogP contribution in [0.2, 0.25) is 0 Å². The van der Waals surface area contributed by atoms with Crippen molar-refractivity contribution >= 4 is 5.91 Å². The molecule has 0 aliphatic carbocycles. The fourth-order valence-electron chi connectivity index (χ4n) is 1.66. The third-order valence-electron chi connectivity index (χ3n) is 2.72. The van der Waals surface area contributed by atoms with E-state index in [4.69, 9.17) is 4.74 Å². The van der Waals surface area contributed by atoms with Crippen molar-refractivity contribution in [3.8, 4) is 0 Å². The van der Waals surface area contributed by atoms with Crippen LogP contribution in [-0.4, -0.2) is 41.4 Å². The molecule has 1 amide bonds. The predicted molar refractivity (Wildman–Crippen MR) is 55.3 cm³/mol. The molecule has 1 saturated heterocycles. The van der Waals surface area contributed by atoms with E-state index in [2.05, 4.69) is 20.3 Å². The summed E-state index contributed by atoms with van der Waals surface area (Å²) in [6.45, 7) is 1.16. The molecule has 2 rings (SSSR count). The van der Waals surface area contributed by atoms with Crippen molar-refractivity contribution in [1.29, 1.82) is 0 Å². The maximum Gasteiger partial charge on any atom is 0.275 e. The second-order valence-electron chi connectivity index (χ2n) is 4.24. The zero-order chi connectivity index (χ0) is 13.2. The van der Waals surface area contributed by atoms with Crippen molar-refractivity contribution in [3.05, 3.63) is 11.4 Å². The van der Waals surface area contributed by atoms with Crippen LogP contribution >= 0.6 is 0 Å². The summed E-state index contributed by atoms with van der Waals surface area (Å²) in [5.41, 5.74) is 0.472. The van der Waals surface area contributed by atoms with Crippen LogP contribution in [0.5, 0.6) is 0 Å². The van der Waals surface area contributed by atoms with E-state index < -0.39 is 24.5 Å². The summed E-state index contributed by atoms with van der Waals surface area (Å²) in [7, 11) is 0. The summed E-state index contributed by atoms with van der Waals surface area (Å²) >= 11 is 0. The number of nitrogens with zero attached hydrogens (tertiary/aromatic N) is 2. The minimum Gasteiger partial charge on any atom is -0.370 e. The molecule has 1 aromatic rings. The number of carbonyl (C=O) groups excluding carboxylic acids is 1. The fraction of sp³-hybridized carbons (Fsp3) is 0.700. The number of aromatic nitrogens is 2. The molecule has 0 radical (unpaired) electrons. The smallest absolute Gasteiger partial charge is 0.275 e. The van der Waals surface area contributed by atoms with Gasteiger partial charge in [-0.2, -0.15) is 0 Å². The third kappa shape index (κ3) is 3.00. The van der Waals surface area contributed by atoms with E-state index in [1.807, 2.05) is 0 Å². The minimum atomic E-state index is -2.76.